The molecule has 1 aliphatic carbocycles. The normalized spacial score (nSPS) is 15.5. The van der Waals surface area contributed by atoms with E-state index in [0.29, 0.717) is 0 Å². The number of ketones is 1. The van der Waals surface area contributed by atoms with Crippen LogP contribution in [-0.2, 0) is 5.41 Å². The van der Waals surface area contributed by atoms with Crippen molar-refractivity contribution in [2.24, 2.45) is 0 Å². The van der Waals surface area contributed by atoms with Crippen molar-refractivity contribution in [3.8, 4) is 0 Å². The number of hydrogen-bond acceptors (Lipinski definition) is 3. The standard InChI is InChI=1S/C28H21NOS/c1-28(2)21-10-4-3-9-19(21)27(30)20-16-15-18(17-22(20)28)29-23-11-5-7-13-25(23)31-26-14-8-6-12-24(26)29/h3-17H,1-2H3. The fourth-order valence-corrected chi connectivity index (χ4v) is 5.94. The fraction of sp³-hybridized carbons (Fsp3) is 0.107. The molecule has 0 atom stereocenters. The number of para-hydroxylation sites is 2. The van der Waals surface area contributed by atoms with Crippen molar-refractivity contribution in [3.05, 3.63) is 113 Å². The van der Waals surface area contributed by atoms with E-state index in [9.17, 15) is 4.79 Å². The second kappa shape index (κ2) is 6.60. The Kier molecular flexibility index (Phi) is 3.93. The van der Waals surface area contributed by atoms with Crippen LogP contribution in [0.15, 0.2) is 101 Å². The molecule has 2 aliphatic rings. The van der Waals surface area contributed by atoms with E-state index in [0.717, 1.165) is 27.9 Å². The summed E-state index contributed by atoms with van der Waals surface area (Å²) in [4.78, 5) is 18.1. The van der Waals surface area contributed by atoms with E-state index >= 15 is 0 Å². The molecule has 0 spiro atoms. The van der Waals surface area contributed by atoms with Gasteiger partial charge in [0.1, 0.15) is 0 Å². The van der Waals surface area contributed by atoms with Gasteiger partial charge < -0.3 is 4.90 Å². The van der Waals surface area contributed by atoms with Gasteiger partial charge in [0.05, 0.1) is 11.4 Å². The average Bonchev–Trinajstić information content (AvgIpc) is 2.81. The number of rotatable bonds is 1. The third-order valence-electron chi connectivity index (χ3n) is 6.46. The molecule has 0 N–H and O–H groups in total. The average molecular weight is 420 g/mol. The molecule has 0 saturated heterocycles. The molecule has 0 amide bonds. The van der Waals surface area contributed by atoms with Crippen LogP contribution < -0.4 is 4.90 Å². The Labute approximate surface area is 186 Å². The molecular formula is C28H21NOS. The van der Waals surface area contributed by atoms with Crippen LogP contribution in [0, 0.1) is 0 Å². The SMILES string of the molecule is CC1(C)c2ccccc2C(=O)c2ccc(N3c4ccccc4Sc4ccccc43)cc21. The van der Waals surface area contributed by atoms with Crippen molar-refractivity contribution in [1.29, 1.82) is 0 Å². The number of benzene rings is 4. The summed E-state index contributed by atoms with van der Waals surface area (Å²) in [5.74, 6) is 0.117. The summed E-state index contributed by atoms with van der Waals surface area (Å²) in [5, 5.41) is 0. The first-order valence-electron chi connectivity index (χ1n) is 10.5. The molecule has 4 aromatic carbocycles. The highest BCUT2D eigenvalue weighted by molar-refractivity contribution is 7.99. The van der Waals surface area contributed by atoms with Gasteiger partial charge in [-0.1, -0.05) is 74.1 Å². The van der Waals surface area contributed by atoms with Crippen LogP contribution in [0.5, 0.6) is 0 Å². The largest absolute Gasteiger partial charge is 0.308 e. The van der Waals surface area contributed by atoms with E-state index in [2.05, 4.69) is 85.5 Å². The lowest BCUT2D eigenvalue weighted by molar-refractivity contribution is 0.103. The zero-order valence-corrected chi connectivity index (χ0v) is 18.2. The predicted molar refractivity (Wildman–Crippen MR) is 127 cm³/mol. The Bertz CT molecular complexity index is 1330. The maximum atomic E-state index is 13.3. The highest BCUT2D eigenvalue weighted by atomic mass is 32.2. The fourth-order valence-electron chi connectivity index (χ4n) is 4.89. The molecule has 1 heterocycles. The van der Waals surface area contributed by atoms with Gasteiger partial charge in [-0.25, -0.2) is 0 Å². The highest BCUT2D eigenvalue weighted by Crippen LogP contribution is 2.52. The number of fused-ring (bicyclic) bond motifs is 4. The molecule has 0 fully saturated rings. The molecule has 150 valence electrons. The molecular weight excluding hydrogens is 398 g/mol. The van der Waals surface area contributed by atoms with Crippen molar-refractivity contribution >= 4 is 34.6 Å². The monoisotopic (exact) mass is 419 g/mol. The molecule has 1 aliphatic heterocycles. The topological polar surface area (TPSA) is 20.3 Å². The van der Waals surface area contributed by atoms with Crippen molar-refractivity contribution < 1.29 is 4.79 Å². The maximum absolute atomic E-state index is 13.3. The first kappa shape index (κ1) is 18.5. The van der Waals surface area contributed by atoms with E-state index in [1.807, 2.05) is 24.3 Å². The van der Waals surface area contributed by atoms with Crippen LogP contribution in [0.1, 0.15) is 40.9 Å². The van der Waals surface area contributed by atoms with E-state index in [4.69, 9.17) is 0 Å². The third-order valence-corrected chi connectivity index (χ3v) is 7.59. The summed E-state index contributed by atoms with van der Waals surface area (Å²) in [6.45, 7) is 4.43. The smallest absolute Gasteiger partial charge is 0.193 e. The molecule has 0 saturated carbocycles. The van der Waals surface area contributed by atoms with Crippen LogP contribution in [0.2, 0.25) is 0 Å². The summed E-state index contributed by atoms with van der Waals surface area (Å²) >= 11 is 1.80. The summed E-state index contributed by atoms with van der Waals surface area (Å²) in [6, 6.07) is 31.4. The van der Waals surface area contributed by atoms with Gasteiger partial charge in [0.25, 0.3) is 0 Å². The lowest BCUT2D eigenvalue weighted by Crippen LogP contribution is -2.30. The second-order valence-electron chi connectivity index (χ2n) is 8.60. The minimum Gasteiger partial charge on any atom is -0.308 e. The van der Waals surface area contributed by atoms with Crippen LogP contribution in [-0.4, -0.2) is 5.78 Å². The zero-order chi connectivity index (χ0) is 21.2. The first-order valence-corrected chi connectivity index (χ1v) is 11.3. The molecule has 6 rings (SSSR count). The Morgan fingerprint density at radius 2 is 1.26 bits per heavy atom. The van der Waals surface area contributed by atoms with Gasteiger partial charge in [0.15, 0.2) is 5.78 Å². The van der Waals surface area contributed by atoms with Crippen LogP contribution in [0.3, 0.4) is 0 Å². The minimum atomic E-state index is -0.251. The predicted octanol–water partition coefficient (Wildman–Crippen LogP) is 7.49. The van der Waals surface area contributed by atoms with Crippen LogP contribution >= 0.6 is 11.8 Å². The van der Waals surface area contributed by atoms with Crippen molar-refractivity contribution in [2.75, 3.05) is 4.90 Å². The van der Waals surface area contributed by atoms with Gasteiger partial charge in [-0.05, 0) is 53.6 Å². The Balaban J connectivity index is 1.58. The second-order valence-corrected chi connectivity index (χ2v) is 9.69. The molecule has 4 aromatic rings. The summed E-state index contributed by atoms with van der Waals surface area (Å²) in [6.07, 6.45) is 0. The molecule has 0 radical (unpaired) electrons. The Morgan fingerprint density at radius 3 is 1.97 bits per heavy atom. The number of hydrogen-bond donors (Lipinski definition) is 0. The van der Waals surface area contributed by atoms with E-state index in [1.165, 1.54) is 21.2 Å². The minimum absolute atomic E-state index is 0.117. The van der Waals surface area contributed by atoms with E-state index in [1.54, 1.807) is 11.8 Å². The van der Waals surface area contributed by atoms with Gasteiger partial charge in [0, 0.05) is 32.0 Å². The van der Waals surface area contributed by atoms with Gasteiger partial charge in [-0.3, -0.25) is 4.79 Å². The molecule has 0 aromatic heterocycles. The lowest BCUT2D eigenvalue weighted by Gasteiger charge is -2.37. The molecule has 0 unspecified atom stereocenters. The van der Waals surface area contributed by atoms with Gasteiger partial charge in [0.2, 0.25) is 0 Å². The number of carbonyl (C=O) groups is 1. The lowest BCUT2D eigenvalue weighted by atomic mass is 9.68. The molecule has 31 heavy (non-hydrogen) atoms. The zero-order valence-electron chi connectivity index (χ0n) is 17.4. The van der Waals surface area contributed by atoms with E-state index < -0.39 is 0 Å². The maximum Gasteiger partial charge on any atom is 0.193 e. The third kappa shape index (κ3) is 2.63. The highest BCUT2D eigenvalue weighted by Gasteiger charge is 2.37. The summed E-state index contributed by atoms with van der Waals surface area (Å²) in [7, 11) is 0. The first-order chi connectivity index (χ1) is 15.1. The molecule has 0 bridgehead atoms. The summed E-state index contributed by atoms with van der Waals surface area (Å²) < 4.78 is 0. The van der Waals surface area contributed by atoms with E-state index in [-0.39, 0.29) is 11.2 Å². The number of anilines is 3. The Morgan fingerprint density at radius 1 is 0.677 bits per heavy atom. The molecule has 2 nitrogen and oxygen atoms in total. The van der Waals surface area contributed by atoms with Crippen LogP contribution in [0.4, 0.5) is 17.1 Å². The van der Waals surface area contributed by atoms with Gasteiger partial charge in [-0.15, -0.1) is 0 Å². The summed E-state index contributed by atoms with van der Waals surface area (Å²) in [5.41, 5.74) is 6.98. The van der Waals surface area contributed by atoms with Crippen molar-refractivity contribution in [2.45, 2.75) is 29.1 Å². The van der Waals surface area contributed by atoms with Crippen molar-refractivity contribution in [1.82, 2.24) is 0 Å². The quantitative estimate of drug-likeness (QED) is 0.281. The van der Waals surface area contributed by atoms with Gasteiger partial charge >= 0.3 is 0 Å². The molecule has 3 heteroatoms. The number of carbonyl (C=O) groups excluding carboxylic acids is 1. The number of nitrogens with zero attached hydrogens (tertiary/aromatic N) is 1. The van der Waals surface area contributed by atoms with Gasteiger partial charge in [-0.2, -0.15) is 0 Å². The van der Waals surface area contributed by atoms with Crippen molar-refractivity contribution in [3.63, 3.8) is 0 Å². The van der Waals surface area contributed by atoms with Crippen LogP contribution in [0.25, 0.3) is 0 Å². The Hall–Kier alpha value is -3.30.